The highest BCUT2D eigenvalue weighted by molar-refractivity contribution is 5.82. The first-order valence-electron chi connectivity index (χ1n) is 13.6. The third-order valence-corrected chi connectivity index (χ3v) is 7.44. The van der Waals surface area contributed by atoms with Crippen LogP contribution in [0.5, 0.6) is 0 Å². The van der Waals surface area contributed by atoms with E-state index < -0.39 is 24.3 Å². The van der Waals surface area contributed by atoms with Gasteiger partial charge in [-0.05, 0) is 51.4 Å². The van der Waals surface area contributed by atoms with E-state index in [0.29, 0.717) is 25.4 Å². The second-order valence-corrected chi connectivity index (χ2v) is 11.0. The monoisotopic (exact) mass is 514 g/mol. The Morgan fingerprint density at radius 3 is 2.78 bits per heavy atom. The van der Waals surface area contributed by atoms with Crippen molar-refractivity contribution >= 4 is 5.97 Å². The number of hydrogen-bond donors (Lipinski definition) is 2. The van der Waals surface area contributed by atoms with E-state index in [4.69, 9.17) is 18.9 Å². The van der Waals surface area contributed by atoms with Crippen molar-refractivity contribution in [2.24, 2.45) is 5.92 Å². The summed E-state index contributed by atoms with van der Waals surface area (Å²) in [5, 5.41) is 21.7. The van der Waals surface area contributed by atoms with Crippen molar-refractivity contribution in [3.8, 4) is 0 Å². The molecule has 204 valence electrons. The largest absolute Gasteiger partial charge is 0.456 e. The molecule has 1 fully saturated rings. The molecule has 2 N–H and O–H groups in total. The van der Waals surface area contributed by atoms with Crippen molar-refractivity contribution in [2.75, 3.05) is 6.61 Å². The molecule has 0 radical (unpaired) electrons. The SMILES string of the molecule is C=C1C[C@@H](C)C[C@@H]2CC=C[C@@H](C/C=C\C(=O)O[C@H]([C@@H](O)/C=C/[C@H]3CC(C)=CCO3)C[C@@H]3O[C@H]3[C@@H](O)C1)O2. The Balaban J connectivity index is 1.44. The topological polar surface area (TPSA) is 97.8 Å². The first-order valence-corrected chi connectivity index (χ1v) is 13.6. The molecule has 9 atom stereocenters. The second kappa shape index (κ2) is 13.2. The number of hydrogen-bond acceptors (Lipinski definition) is 7. The predicted octanol–water partition coefficient (Wildman–Crippen LogP) is 4.11. The normalized spacial score (nSPS) is 39.6. The lowest BCUT2D eigenvalue weighted by Crippen LogP contribution is -2.32. The van der Waals surface area contributed by atoms with Crippen molar-refractivity contribution in [2.45, 2.75) is 108 Å². The number of cyclic esters (lactones) is 1. The number of aliphatic hydroxyl groups is 2. The Morgan fingerprint density at radius 2 is 1.97 bits per heavy atom. The van der Waals surface area contributed by atoms with Gasteiger partial charge in [-0.2, -0.15) is 0 Å². The zero-order valence-electron chi connectivity index (χ0n) is 22.0. The summed E-state index contributed by atoms with van der Waals surface area (Å²) in [6.45, 7) is 8.98. The molecule has 4 aliphatic rings. The summed E-state index contributed by atoms with van der Waals surface area (Å²) < 4.78 is 23.4. The number of esters is 1. The number of ether oxygens (including phenoxy) is 4. The molecule has 1 saturated heterocycles. The maximum absolute atomic E-state index is 12.6. The Bertz CT molecular complexity index is 919. The van der Waals surface area contributed by atoms with Gasteiger partial charge in [-0.15, -0.1) is 0 Å². The van der Waals surface area contributed by atoms with Gasteiger partial charge in [-0.25, -0.2) is 4.79 Å². The zero-order chi connectivity index (χ0) is 26.4. The number of aliphatic hydroxyl groups excluding tert-OH is 2. The zero-order valence-corrected chi connectivity index (χ0v) is 22.0. The Labute approximate surface area is 220 Å². The van der Waals surface area contributed by atoms with Gasteiger partial charge in [-0.1, -0.05) is 61.1 Å². The van der Waals surface area contributed by atoms with Crippen molar-refractivity contribution in [1.82, 2.24) is 0 Å². The summed E-state index contributed by atoms with van der Waals surface area (Å²) in [5.41, 5.74) is 2.23. The van der Waals surface area contributed by atoms with Crippen LogP contribution in [-0.2, 0) is 23.7 Å². The van der Waals surface area contributed by atoms with Crippen LogP contribution < -0.4 is 0 Å². The lowest BCUT2D eigenvalue weighted by molar-refractivity contribution is -0.148. The van der Waals surface area contributed by atoms with Gasteiger partial charge in [-0.3, -0.25) is 0 Å². The molecular weight excluding hydrogens is 472 g/mol. The van der Waals surface area contributed by atoms with Crippen LogP contribution in [0.25, 0.3) is 0 Å². The van der Waals surface area contributed by atoms with Gasteiger partial charge in [0.25, 0.3) is 0 Å². The van der Waals surface area contributed by atoms with Gasteiger partial charge in [0.15, 0.2) is 0 Å². The molecule has 7 heteroatoms. The number of carbonyl (C=O) groups excluding carboxylic acids is 1. The fraction of sp³-hybridized carbons (Fsp3) is 0.633. The van der Waals surface area contributed by atoms with Gasteiger partial charge < -0.3 is 29.2 Å². The highest BCUT2D eigenvalue weighted by atomic mass is 16.6. The van der Waals surface area contributed by atoms with Crippen molar-refractivity contribution in [3.63, 3.8) is 0 Å². The van der Waals surface area contributed by atoms with E-state index >= 15 is 0 Å². The molecule has 2 bridgehead atoms. The minimum Gasteiger partial charge on any atom is -0.456 e. The molecular formula is C30H42O7. The minimum absolute atomic E-state index is 0.0863. The van der Waals surface area contributed by atoms with E-state index in [1.165, 1.54) is 11.6 Å². The van der Waals surface area contributed by atoms with E-state index in [1.807, 2.05) is 18.2 Å². The van der Waals surface area contributed by atoms with Crippen LogP contribution in [0.4, 0.5) is 0 Å². The summed E-state index contributed by atoms with van der Waals surface area (Å²) >= 11 is 0. The third kappa shape index (κ3) is 8.76. The molecule has 7 nitrogen and oxygen atoms in total. The highest BCUT2D eigenvalue weighted by Crippen LogP contribution is 2.35. The smallest absolute Gasteiger partial charge is 0.330 e. The van der Waals surface area contributed by atoms with Crippen LogP contribution in [0, 0.1) is 5.92 Å². The van der Waals surface area contributed by atoms with Crippen LogP contribution in [0.3, 0.4) is 0 Å². The maximum atomic E-state index is 12.6. The molecule has 0 unspecified atom stereocenters. The summed E-state index contributed by atoms with van der Waals surface area (Å²) in [4.78, 5) is 12.6. The molecule has 37 heavy (non-hydrogen) atoms. The summed E-state index contributed by atoms with van der Waals surface area (Å²) in [6.07, 6.45) is 14.3. The predicted molar refractivity (Wildman–Crippen MR) is 141 cm³/mol. The molecule has 0 aromatic heterocycles. The first-order chi connectivity index (χ1) is 17.8. The average Bonchev–Trinajstić information content (AvgIpc) is 3.61. The molecule has 0 saturated carbocycles. The standard InChI is InChI=1S/C30H42O7/c1-19-12-13-34-23(15-19)10-11-25(31)27-18-28-30(37-28)26(32)17-21(3)14-20(2)16-24-8-4-6-22(35-24)7-5-9-29(33)36-27/h4-6,9-12,20,22-28,30-32H,3,7-8,13-18H2,1-2H3/b9-5-,11-10+/t20-,22+,23+,24+,25+,26+,27+,28+,30+/m1/s1. The van der Waals surface area contributed by atoms with Gasteiger partial charge in [0, 0.05) is 12.5 Å². The third-order valence-electron chi connectivity index (χ3n) is 7.44. The van der Waals surface area contributed by atoms with Crippen LogP contribution in [0.2, 0.25) is 0 Å². The molecule has 0 spiro atoms. The van der Waals surface area contributed by atoms with Gasteiger partial charge in [0.05, 0.1) is 37.1 Å². The molecule has 0 aromatic rings. The fourth-order valence-corrected chi connectivity index (χ4v) is 5.45. The van der Waals surface area contributed by atoms with Gasteiger partial charge in [0.2, 0.25) is 0 Å². The Morgan fingerprint density at radius 1 is 1.14 bits per heavy atom. The second-order valence-electron chi connectivity index (χ2n) is 11.0. The quantitative estimate of drug-likeness (QED) is 0.332. The van der Waals surface area contributed by atoms with Crippen molar-refractivity contribution < 1.29 is 34.0 Å². The molecule has 0 amide bonds. The fourth-order valence-electron chi connectivity index (χ4n) is 5.45. The van der Waals surface area contributed by atoms with Crippen LogP contribution in [0.15, 0.2) is 60.3 Å². The van der Waals surface area contributed by atoms with Crippen molar-refractivity contribution in [3.05, 3.63) is 60.3 Å². The van der Waals surface area contributed by atoms with E-state index in [-0.39, 0.29) is 36.9 Å². The lowest BCUT2D eigenvalue weighted by Gasteiger charge is -2.28. The number of epoxide rings is 1. The molecule has 4 rings (SSSR count). The Hall–Kier alpha value is -2.03. The highest BCUT2D eigenvalue weighted by Gasteiger charge is 2.46. The summed E-state index contributed by atoms with van der Waals surface area (Å²) in [6, 6.07) is 0. The first kappa shape index (κ1) is 28.0. The number of rotatable bonds is 3. The summed E-state index contributed by atoms with van der Waals surface area (Å²) in [5.74, 6) is -0.141. The number of carbonyl (C=O) groups is 1. The van der Waals surface area contributed by atoms with E-state index in [9.17, 15) is 15.0 Å². The number of fused-ring (bicyclic) bond motifs is 3. The van der Waals surface area contributed by atoms with Crippen molar-refractivity contribution in [1.29, 1.82) is 0 Å². The average molecular weight is 515 g/mol. The van der Waals surface area contributed by atoms with E-state index in [2.05, 4.69) is 26.5 Å². The van der Waals surface area contributed by atoms with E-state index in [1.54, 1.807) is 12.2 Å². The van der Waals surface area contributed by atoms with Crippen LogP contribution in [0.1, 0.15) is 58.8 Å². The molecule has 0 aromatic carbocycles. The van der Waals surface area contributed by atoms with Crippen LogP contribution >= 0.6 is 0 Å². The lowest BCUT2D eigenvalue weighted by atomic mass is 9.91. The molecule has 4 aliphatic heterocycles. The minimum atomic E-state index is -1.03. The van der Waals surface area contributed by atoms with Gasteiger partial charge in [0.1, 0.15) is 18.3 Å². The maximum Gasteiger partial charge on any atom is 0.330 e. The van der Waals surface area contributed by atoms with Gasteiger partial charge >= 0.3 is 5.97 Å². The molecule has 4 heterocycles. The Kier molecular flexibility index (Phi) is 9.96. The summed E-state index contributed by atoms with van der Waals surface area (Å²) in [7, 11) is 0. The van der Waals surface area contributed by atoms with E-state index in [0.717, 1.165) is 31.3 Å². The van der Waals surface area contributed by atoms with Crippen LogP contribution in [-0.4, -0.2) is 71.6 Å². The molecule has 0 aliphatic carbocycles.